The maximum Gasteiger partial charge on any atom is 0.256 e. The summed E-state index contributed by atoms with van der Waals surface area (Å²) in [5.41, 5.74) is 1.19. The second-order valence-electron chi connectivity index (χ2n) is 3.81. The Hall–Kier alpha value is -1.22. The normalized spacial score (nSPS) is 10.3. The molecule has 0 unspecified atom stereocenters. The number of para-hydroxylation sites is 1. The number of hydrogen-bond donors (Lipinski definition) is 0. The molecule has 0 aliphatic heterocycles. The second-order valence-corrected chi connectivity index (χ2v) is 4.96. The molecule has 0 radical (unpaired) electrons. The monoisotopic (exact) mass is 314 g/mol. The average Bonchev–Trinajstić information content (AvgIpc) is 2.40. The first-order valence-electron chi connectivity index (χ1n) is 5.43. The van der Waals surface area contributed by atoms with Gasteiger partial charge in [0.05, 0.1) is 15.6 Å². The van der Waals surface area contributed by atoms with E-state index in [2.05, 4.69) is 0 Å². The van der Waals surface area contributed by atoms with Gasteiger partial charge in [-0.1, -0.05) is 41.4 Å². The van der Waals surface area contributed by atoms with Gasteiger partial charge in [-0.3, -0.25) is 4.79 Å². The Morgan fingerprint density at radius 2 is 1.79 bits per heavy atom. The van der Waals surface area contributed by atoms with Crippen LogP contribution in [0.3, 0.4) is 0 Å². The number of hydrogen-bond acceptors (Lipinski definition) is 2. The van der Waals surface area contributed by atoms with E-state index in [1.165, 1.54) is 0 Å². The highest BCUT2D eigenvalue weighted by Gasteiger charge is 2.09. The molecule has 0 saturated heterocycles. The zero-order chi connectivity index (χ0) is 13.8. The average molecular weight is 316 g/mol. The molecule has 0 bridgehead atoms. The van der Waals surface area contributed by atoms with Gasteiger partial charge in [0.2, 0.25) is 0 Å². The minimum atomic E-state index is -0.551. The van der Waals surface area contributed by atoms with Crippen LogP contribution in [0.1, 0.15) is 15.9 Å². The molecule has 0 aliphatic rings. The molecule has 0 aliphatic carbocycles. The van der Waals surface area contributed by atoms with Crippen molar-refractivity contribution in [3.05, 3.63) is 63.6 Å². The van der Waals surface area contributed by atoms with E-state index in [0.717, 1.165) is 5.56 Å². The summed E-state index contributed by atoms with van der Waals surface area (Å²) in [6, 6.07) is 12.0. The topological polar surface area (TPSA) is 26.3 Å². The van der Waals surface area contributed by atoms with Crippen LogP contribution in [0.4, 0.5) is 0 Å². The van der Waals surface area contributed by atoms with Gasteiger partial charge in [-0.05, 0) is 41.4 Å². The molecular weight excluding hydrogens is 307 g/mol. The van der Waals surface area contributed by atoms with E-state index >= 15 is 0 Å². The molecule has 0 aromatic heterocycles. The van der Waals surface area contributed by atoms with Crippen LogP contribution in [0, 0.1) is 0 Å². The van der Waals surface area contributed by atoms with Gasteiger partial charge in [-0.25, -0.2) is 0 Å². The summed E-state index contributed by atoms with van der Waals surface area (Å²) in [5, 5.41) is 0.399. The molecule has 0 fully saturated rings. The molecular formula is C14H9Cl3O2. The van der Waals surface area contributed by atoms with Gasteiger partial charge >= 0.3 is 0 Å². The van der Waals surface area contributed by atoms with Crippen molar-refractivity contribution < 1.29 is 9.53 Å². The molecule has 0 amide bonds. The first-order valence-corrected chi connectivity index (χ1v) is 6.57. The minimum Gasteiger partial charge on any atom is -0.488 e. The van der Waals surface area contributed by atoms with Crippen LogP contribution in [-0.4, -0.2) is 5.24 Å². The van der Waals surface area contributed by atoms with Gasteiger partial charge < -0.3 is 4.74 Å². The van der Waals surface area contributed by atoms with Gasteiger partial charge in [0.25, 0.3) is 5.24 Å². The lowest BCUT2D eigenvalue weighted by Gasteiger charge is -2.09. The summed E-state index contributed by atoms with van der Waals surface area (Å²) in [6.45, 7) is 0.276. The predicted molar refractivity (Wildman–Crippen MR) is 77.4 cm³/mol. The van der Waals surface area contributed by atoms with Crippen LogP contribution >= 0.6 is 34.8 Å². The van der Waals surface area contributed by atoms with E-state index < -0.39 is 5.24 Å². The summed E-state index contributed by atoms with van der Waals surface area (Å²) >= 11 is 17.2. The molecule has 2 nitrogen and oxygen atoms in total. The van der Waals surface area contributed by atoms with Crippen molar-refractivity contribution in [2.45, 2.75) is 6.61 Å². The van der Waals surface area contributed by atoms with Gasteiger partial charge in [0, 0.05) is 0 Å². The van der Waals surface area contributed by atoms with Crippen LogP contribution in [0.5, 0.6) is 5.75 Å². The smallest absolute Gasteiger partial charge is 0.256 e. The van der Waals surface area contributed by atoms with Gasteiger partial charge in [0.1, 0.15) is 12.4 Å². The molecule has 2 aromatic rings. The standard InChI is InChI=1S/C14H9Cl3O2/c15-11-6-5-9(7-12(11)16)8-19-13-4-2-1-3-10(13)14(17)18/h1-7H,8H2. The van der Waals surface area contributed by atoms with E-state index in [0.29, 0.717) is 21.4 Å². The van der Waals surface area contributed by atoms with Gasteiger partial charge in [-0.2, -0.15) is 0 Å². The highest BCUT2D eigenvalue weighted by molar-refractivity contribution is 6.68. The van der Waals surface area contributed by atoms with Crippen molar-refractivity contribution in [3.8, 4) is 5.75 Å². The largest absolute Gasteiger partial charge is 0.488 e. The molecule has 2 rings (SSSR count). The van der Waals surface area contributed by atoms with Gasteiger partial charge in [0.15, 0.2) is 0 Å². The molecule has 5 heteroatoms. The molecule has 0 spiro atoms. The fourth-order valence-electron chi connectivity index (χ4n) is 1.55. The number of ether oxygens (including phenoxy) is 1. The number of halogens is 3. The Labute approximate surface area is 125 Å². The summed E-state index contributed by atoms with van der Waals surface area (Å²) < 4.78 is 5.57. The van der Waals surface area contributed by atoms with E-state index in [1.54, 1.807) is 42.5 Å². The molecule has 2 aromatic carbocycles. The fraction of sp³-hybridized carbons (Fsp3) is 0.0714. The van der Waals surface area contributed by atoms with Crippen molar-refractivity contribution in [3.63, 3.8) is 0 Å². The van der Waals surface area contributed by atoms with Crippen LogP contribution < -0.4 is 4.74 Å². The summed E-state index contributed by atoms with van der Waals surface area (Å²) in [7, 11) is 0. The Balaban J connectivity index is 2.14. The van der Waals surface area contributed by atoms with E-state index in [1.807, 2.05) is 0 Å². The van der Waals surface area contributed by atoms with Crippen molar-refractivity contribution in [2.75, 3.05) is 0 Å². The number of benzene rings is 2. The minimum absolute atomic E-state index is 0.276. The molecule has 0 heterocycles. The third-order valence-electron chi connectivity index (χ3n) is 2.48. The molecule has 0 atom stereocenters. The fourth-order valence-corrected chi connectivity index (χ4v) is 2.02. The molecule has 19 heavy (non-hydrogen) atoms. The highest BCUT2D eigenvalue weighted by atomic mass is 35.5. The second kappa shape index (κ2) is 6.29. The first kappa shape index (κ1) is 14.2. The van der Waals surface area contributed by atoms with Crippen molar-refractivity contribution in [2.24, 2.45) is 0 Å². The van der Waals surface area contributed by atoms with Crippen molar-refractivity contribution >= 4 is 40.0 Å². The van der Waals surface area contributed by atoms with Crippen molar-refractivity contribution in [1.82, 2.24) is 0 Å². The maximum absolute atomic E-state index is 11.2. The lowest BCUT2D eigenvalue weighted by molar-refractivity contribution is 0.107. The van der Waals surface area contributed by atoms with Gasteiger partial charge in [-0.15, -0.1) is 0 Å². The third-order valence-corrected chi connectivity index (χ3v) is 3.42. The highest BCUT2D eigenvalue weighted by Crippen LogP contribution is 2.25. The van der Waals surface area contributed by atoms with E-state index in [9.17, 15) is 4.79 Å². The number of rotatable bonds is 4. The SMILES string of the molecule is O=C(Cl)c1ccccc1OCc1ccc(Cl)c(Cl)c1. The lowest BCUT2D eigenvalue weighted by Crippen LogP contribution is -2.00. The summed E-state index contributed by atoms with van der Waals surface area (Å²) in [5.74, 6) is 0.438. The Bertz CT molecular complexity index is 611. The van der Waals surface area contributed by atoms with Crippen LogP contribution in [0.25, 0.3) is 0 Å². The zero-order valence-corrected chi connectivity index (χ0v) is 12.0. The van der Waals surface area contributed by atoms with E-state index in [4.69, 9.17) is 39.5 Å². The Morgan fingerprint density at radius 1 is 1.05 bits per heavy atom. The molecule has 0 saturated carbocycles. The zero-order valence-electron chi connectivity index (χ0n) is 9.70. The van der Waals surface area contributed by atoms with Crippen LogP contribution in [-0.2, 0) is 6.61 Å². The maximum atomic E-state index is 11.2. The van der Waals surface area contributed by atoms with Crippen LogP contribution in [0.15, 0.2) is 42.5 Å². The summed E-state index contributed by atoms with van der Waals surface area (Å²) in [6.07, 6.45) is 0. The van der Waals surface area contributed by atoms with E-state index in [-0.39, 0.29) is 6.61 Å². The first-order chi connectivity index (χ1) is 9.08. The lowest BCUT2D eigenvalue weighted by atomic mass is 10.2. The van der Waals surface area contributed by atoms with Crippen LogP contribution in [0.2, 0.25) is 10.0 Å². The molecule has 0 N–H and O–H groups in total. The Morgan fingerprint density at radius 3 is 2.47 bits per heavy atom. The third kappa shape index (κ3) is 3.63. The number of carbonyl (C=O) groups is 1. The quantitative estimate of drug-likeness (QED) is 0.746. The predicted octanol–water partition coefficient (Wildman–Crippen LogP) is 4.95. The Kier molecular flexibility index (Phi) is 4.70. The van der Waals surface area contributed by atoms with Crippen molar-refractivity contribution in [1.29, 1.82) is 0 Å². The number of carbonyl (C=O) groups excluding carboxylic acids is 1. The summed E-state index contributed by atoms with van der Waals surface area (Å²) in [4.78, 5) is 11.2. The molecule has 98 valence electrons.